The molecule has 0 spiro atoms. The van der Waals surface area contributed by atoms with E-state index in [0.717, 1.165) is 23.8 Å². The molecule has 1 aliphatic carbocycles. The van der Waals surface area contributed by atoms with Crippen LogP contribution in [-0.4, -0.2) is 29.3 Å². The van der Waals surface area contributed by atoms with Crippen LogP contribution in [0.5, 0.6) is 0 Å². The zero-order valence-electron chi connectivity index (χ0n) is 14.8. The summed E-state index contributed by atoms with van der Waals surface area (Å²) < 4.78 is 13.0. The summed E-state index contributed by atoms with van der Waals surface area (Å²) in [5.74, 6) is -0.223. The number of fused-ring (bicyclic) bond motifs is 2. The van der Waals surface area contributed by atoms with E-state index in [9.17, 15) is 4.39 Å². The summed E-state index contributed by atoms with van der Waals surface area (Å²) in [6.45, 7) is 0. The minimum Gasteiger partial charge on any atom is -0.359 e. The summed E-state index contributed by atoms with van der Waals surface area (Å²) in [5.41, 5.74) is 0.841. The van der Waals surface area contributed by atoms with Crippen molar-refractivity contribution in [3.63, 3.8) is 0 Å². The average Bonchev–Trinajstić information content (AvgIpc) is 3.10. The normalized spacial score (nSPS) is 32.4. The van der Waals surface area contributed by atoms with E-state index in [-0.39, 0.29) is 5.82 Å². The third-order valence-electron chi connectivity index (χ3n) is 6.45. The van der Waals surface area contributed by atoms with Gasteiger partial charge in [-0.2, -0.15) is 0 Å². The molecule has 4 rings (SSSR count). The quantitative estimate of drug-likeness (QED) is 0.722. The van der Waals surface area contributed by atoms with Crippen molar-refractivity contribution < 1.29 is 9.29 Å². The molecule has 2 aliphatic heterocycles. The zero-order valence-corrected chi connectivity index (χ0v) is 15.6. The molecule has 2 bridgehead atoms. The number of piperidine rings is 2. The maximum Gasteiger partial charge on any atom is 0.171 e. The van der Waals surface area contributed by atoms with Crippen LogP contribution in [-0.2, 0) is 0 Å². The maximum absolute atomic E-state index is 13.0. The molecule has 1 saturated carbocycles. The number of rotatable bonds is 3. The number of anilines is 1. The molecule has 0 radical (unpaired) electrons. The molecule has 0 unspecified atom stereocenters. The van der Waals surface area contributed by atoms with E-state index in [2.05, 4.69) is 10.6 Å². The smallest absolute Gasteiger partial charge is 0.171 e. The molecule has 136 valence electrons. The van der Waals surface area contributed by atoms with Crippen molar-refractivity contribution >= 4 is 23.0 Å². The monoisotopic (exact) mass is 362 g/mol. The second-order valence-electron chi connectivity index (χ2n) is 8.08. The van der Waals surface area contributed by atoms with E-state index in [1.165, 1.54) is 69.9 Å². The van der Waals surface area contributed by atoms with Crippen LogP contribution < -0.4 is 15.5 Å². The second kappa shape index (κ2) is 7.58. The molecule has 2 heterocycles. The molecule has 2 atom stereocenters. The number of benzene rings is 1. The second-order valence-corrected chi connectivity index (χ2v) is 8.49. The first-order valence-electron chi connectivity index (χ1n) is 9.89. The highest BCUT2D eigenvalue weighted by atomic mass is 32.1. The third kappa shape index (κ3) is 3.98. The molecule has 25 heavy (non-hydrogen) atoms. The fourth-order valence-electron chi connectivity index (χ4n) is 5.50. The summed E-state index contributed by atoms with van der Waals surface area (Å²) in [6.07, 6.45) is 12.3. The Morgan fingerprint density at radius 3 is 2.16 bits per heavy atom. The number of halogens is 1. The van der Waals surface area contributed by atoms with Gasteiger partial charge in [-0.15, -0.1) is 0 Å². The van der Waals surface area contributed by atoms with Crippen LogP contribution in [0.25, 0.3) is 0 Å². The molecule has 0 aromatic heterocycles. The van der Waals surface area contributed by atoms with Crippen LogP contribution in [0.3, 0.4) is 0 Å². The highest BCUT2D eigenvalue weighted by Crippen LogP contribution is 2.26. The van der Waals surface area contributed by atoms with Gasteiger partial charge in [-0.25, -0.2) is 4.39 Å². The Morgan fingerprint density at radius 2 is 1.52 bits per heavy atom. The zero-order chi connectivity index (χ0) is 17.2. The van der Waals surface area contributed by atoms with Crippen LogP contribution in [0.1, 0.15) is 57.8 Å². The van der Waals surface area contributed by atoms with Gasteiger partial charge >= 0.3 is 0 Å². The van der Waals surface area contributed by atoms with Gasteiger partial charge in [0.2, 0.25) is 0 Å². The Balaban J connectivity index is 1.34. The van der Waals surface area contributed by atoms with Crippen LogP contribution in [0.2, 0.25) is 0 Å². The predicted molar refractivity (Wildman–Crippen MR) is 103 cm³/mol. The van der Waals surface area contributed by atoms with E-state index >= 15 is 0 Å². The van der Waals surface area contributed by atoms with Gasteiger partial charge < -0.3 is 15.5 Å². The van der Waals surface area contributed by atoms with E-state index in [1.54, 1.807) is 12.1 Å². The van der Waals surface area contributed by atoms with E-state index in [1.807, 2.05) is 4.90 Å². The fourth-order valence-corrected chi connectivity index (χ4v) is 5.78. The lowest BCUT2D eigenvalue weighted by molar-refractivity contribution is -0.982. The lowest BCUT2D eigenvalue weighted by atomic mass is 9.80. The van der Waals surface area contributed by atoms with Crippen molar-refractivity contribution in [2.24, 2.45) is 0 Å². The number of thiocarbonyl (C=S) groups is 1. The van der Waals surface area contributed by atoms with Crippen LogP contribution in [0, 0.1) is 5.82 Å². The number of nitrogens with one attached hydrogen (secondary N) is 3. The Hall–Kier alpha value is -1.20. The Kier molecular flexibility index (Phi) is 5.23. The van der Waals surface area contributed by atoms with E-state index in [0.29, 0.717) is 11.2 Å². The van der Waals surface area contributed by atoms with Crippen LogP contribution >= 0.6 is 12.2 Å². The molecule has 3 fully saturated rings. The van der Waals surface area contributed by atoms with Gasteiger partial charge in [0.05, 0.1) is 18.1 Å². The highest BCUT2D eigenvalue weighted by molar-refractivity contribution is 7.80. The van der Waals surface area contributed by atoms with Crippen molar-refractivity contribution in [3.8, 4) is 0 Å². The van der Waals surface area contributed by atoms with Gasteiger partial charge in [-0.3, -0.25) is 0 Å². The van der Waals surface area contributed by atoms with Crippen molar-refractivity contribution in [2.75, 3.05) is 5.32 Å². The molecule has 3 nitrogen and oxygen atoms in total. The highest BCUT2D eigenvalue weighted by Gasteiger charge is 2.45. The summed E-state index contributed by atoms with van der Waals surface area (Å²) in [4.78, 5) is 1.93. The first-order chi connectivity index (χ1) is 12.2. The number of quaternary nitrogens is 1. The molecule has 2 saturated heterocycles. The largest absolute Gasteiger partial charge is 0.359 e. The van der Waals surface area contributed by atoms with Crippen molar-refractivity contribution in [1.82, 2.24) is 5.32 Å². The predicted octanol–water partition coefficient (Wildman–Crippen LogP) is 3.02. The molecule has 3 aliphatic rings. The number of hydrogen-bond donors (Lipinski definition) is 3. The molecule has 5 heteroatoms. The fraction of sp³-hybridized carbons (Fsp3) is 0.650. The molecule has 1 aromatic carbocycles. The molecule has 3 N–H and O–H groups in total. The average molecular weight is 363 g/mol. The van der Waals surface area contributed by atoms with E-state index in [4.69, 9.17) is 12.2 Å². The summed E-state index contributed by atoms with van der Waals surface area (Å²) in [5, 5.41) is 7.40. The molecular formula is C20H29FN3S+. The Morgan fingerprint density at radius 1 is 0.920 bits per heavy atom. The third-order valence-corrected chi connectivity index (χ3v) is 6.67. The number of hydrogen-bond acceptors (Lipinski definition) is 1. The first-order valence-corrected chi connectivity index (χ1v) is 10.3. The van der Waals surface area contributed by atoms with Gasteiger partial charge in [-0.1, -0.05) is 0 Å². The van der Waals surface area contributed by atoms with Crippen LogP contribution in [0.4, 0.5) is 10.1 Å². The van der Waals surface area contributed by atoms with Crippen molar-refractivity contribution in [1.29, 1.82) is 0 Å². The minimum atomic E-state index is -0.223. The molecule has 1 aromatic rings. The summed E-state index contributed by atoms with van der Waals surface area (Å²) >= 11 is 5.50. The van der Waals surface area contributed by atoms with Gasteiger partial charge in [0.25, 0.3) is 0 Å². The first kappa shape index (κ1) is 17.2. The summed E-state index contributed by atoms with van der Waals surface area (Å²) in [6, 6.07) is 9.37. The topological polar surface area (TPSA) is 28.5 Å². The maximum atomic E-state index is 13.0. The molecule has 0 amide bonds. The van der Waals surface area contributed by atoms with Gasteiger partial charge in [0.15, 0.2) is 5.11 Å². The van der Waals surface area contributed by atoms with Gasteiger partial charge in [0, 0.05) is 24.6 Å². The van der Waals surface area contributed by atoms with E-state index < -0.39 is 0 Å². The minimum absolute atomic E-state index is 0.223. The molecular weight excluding hydrogens is 333 g/mol. The van der Waals surface area contributed by atoms with Gasteiger partial charge in [0.1, 0.15) is 5.82 Å². The van der Waals surface area contributed by atoms with Crippen molar-refractivity contribution in [3.05, 3.63) is 30.1 Å². The SMILES string of the molecule is Fc1ccc(NC(=S)NC2C[C@H]3CCC[C@H](C2)[NH+]3C2CCCC2)cc1. The van der Waals surface area contributed by atoms with Crippen LogP contribution in [0.15, 0.2) is 24.3 Å². The summed E-state index contributed by atoms with van der Waals surface area (Å²) in [7, 11) is 0. The lowest BCUT2D eigenvalue weighted by Crippen LogP contribution is -3.24. The standard InChI is InChI=1S/C20H28FN3S/c21-14-8-10-15(11-9-14)22-20(25)23-16-12-18-6-3-7-19(13-16)24(18)17-4-1-2-5-17/h8-11,16-19H,1-7,12-13H2,(H2,22,23,25)/p+1/t18-,19-/m1/s1. The van der Waals surface area contributed by atoms with Gasteiger partial charge in [-0.05, 0) is 81.4 Å². The van der Waals surface area contributed by atoms with Crippen molar-refractivity contribution in [2.45, 2.75) is 82.0 Å². The Labute approximate surface area is 155 Å². The Bertz CT molecular complexity index is 585. The lowest BCUT2D eigenvalue weighted by Gasteiger charge is -2.48.